The number of rotatable bonds is 9. The molecule has 1 aromatic heterocycles. The third-order valence-electron chi connectivity index (χ3n) is 8.36. The van der Waals surface area contributed by atoms with Crippen LogP contribution in [0.25, 0.3) is 22.5 Å². The number of hydrogen-bond donors (Lipinski definition) is 0. The highest BCUT2D eigenvalue weighted by atomic mass is 35.5. The van der Waals surface area contributed by atoms with Crippen LogP contribution in [-0.4, -0.2) is 24.3 Å². The predicted octanol–water partition coefficient (Wildman–Crippen LogP) is 7.98. The van der Waals surface area contributed by atoms with Crippen molar-refractivity contribution in [3.05, 3.63) is 167 Å². The molecule has 1 aliphatic rings. The summed E-state index contributed by atoms with van der Waals surface area (Å²) in [7, 11) is 1.54. The fraction of sp³-hybridized carbons (Fsp3) is 0.125. The van der Waals surface area contributed by atoms with Crippen LogP contribution >= 0.6 is 34.5 Å². The zero-order valence-electron chi connectivity index (χ0n) is 27.1. The van der Waals surface area contributed by atoms with E-state index < -0.39 is 12.0 Å². The molecule has 0 amide bonds. The molecule has 7 rings (SSSR count). The average Bonchev–Trinajstić information content (AvgIpc) is 3.44. The zero-order valence-corrected chi connectivity index (χ0v) is 29.4. The van der Waals surface area contributed by atoms with Crippen LogP contribution in [0.3, 0.4) is 0 Å². The van der Waals surface area contributed by atoms with Gasteiger partial charge in [-0.3, -0.25) is 9.36 Å². The molecule has 7 nitrogen and oxygen atoms in total. The number of carbonyl (C=O) groups excluding carboxylic acids is 1. The van der Waals surface area contributed by atoms with E-state index in [1.54, 1.807) is 61.1 Å². The van der Waals surface area contributed by atoms with Gasteiger partial charge in [-0.2, -0.15) is 0 Å². The van der Waals surface area contributed by atoms with E-state index in [0.29, 0.717) is 47.7 Å². The number of hydrogen-bond acceptors (Lipinski definition) is 7. The van der Waals surface area contributed by atoms with Crippen molar-refractivity contribution in [3.8, 4) is 11.5 Å². The molecule has 0 radical (unpaired) electrons. The zero-order chi connectivity index (χ0) is 34.8. The van der Waals surface area contributed by atoms with Crippen LogP contribution in [0, 0.1) is 0 Å². The van der Waals surface area contributed by atoms with E-state index in [2.05, 4.69) is 18.2 Å². The van der Waals surface area contributed by atoms with Crippen LogP contribution in [0.5, 0.6) is 11.5 Å². The number of fused-ring (bicyclic) bond motifs is 2. The van der Waals surface area contributed by atoms with Gasteiger partial charge in [0.2, 0.25) is 0 Å². The lowest BCUT2D eigenvalue weighted by Gasteiger charge is -2.25. The highest BCUT2D eigenvalue weighted by Crippen LogP contribution is 2.38. The van der Waals surface area contributed by atoms with E-state index >= 15 is 0 Å². The quantitative estimate of drug-likeness (QED) is 0.142. The van der Waals surface area contributed by atoms with Gasteiger partial charge in [0.25, 0.3) is 5.56 Å². The van der Waals surface area contributed by atoms with Gasteiger partial charge in [0.1, 0.15) is 6.61 Å². The lowest BCUT2D eigenvalue weighted by Crippen LogP contribution is -2.40. The van der Waals surface area contributed by atoms with Crippen molar-refractivity contribution >= 4 is 63.1 Å². The summed E-state index contributed by atoms with van der Waals surface area (Å²) in [6.45, 7) is 2.19. The van der Waals surface area contributed by atoms with Gasteiger partial charge in [0.05, 0.1) is 40.6 Å². The number of aromatic nitrogens is 1. The average molecular weight is 722 g/mol. The number of halogens is 2. The van der Waals surface area contributed by atoms with Crippen LogP contribution in [0.15, 0.2) is 125 Å². The molecule has 10 heteroatoms. The molecule has 0 fully saturated rings. The molecule has 1 aliphatic heterocycles. The van der Waals surface area contributed by atoms with Gasteiger partial charge in [0.15, 0.2) is 16.3 Å². The largest absolute Gasteiger partial charge is 0.493 e. The first-order valence-corrected chi connectivity index (χ1v) is 17.4. The third kappa shape index (κ3) is 6.45. The molecule has 1 atom stereocenters. The summed E-state index contributed by atoms with van der Waals surface area (Å²) >= 11 is 14.3. The van der Waals surface area contributed by atoms with Gasteiger partial charge < -0.3 is 14.2 Å². The Bertz CT molecular complexity index is 2450. The molecule has 0 saturated heterocycles. The lowest BCUT2D eigenvalue weighted by molar-refractivity contribution is -0.138. The molecule has 0 aliphatic carbocycles. The number of ether oxygens (including phenoxy) is 3. The Labute approximate surface area is 301 Å². The van der Waals surface area contributed by atoms with Crippen molar-refractivity contribution < 1.29 is 19.0 Å². The van der Waals surface area contributed by atoms with E-state index in [-0.39, 0.29) is 24.3 Å². The van der Waals surface area contributed by atoms with E-state index in [0.717, 1.165) is 21.9 Å². The monoisotopic (exact) mass is 720 g/mol. The smallest absolute Gasteiger partial charge is 0.338 e. The maximum Gasteiger partial charge on any atom is 0.338 e. The summed E-state index contributed by atoms with van der Waals surface area (Å²) < 4.78 is 19.4. The summed E-state index contributed by atoms with van der Waals surface area (Å²) in [5.74, 6) is 0.265. The standard InChI is InChI=1S/C40H30Cl2N2O5S/c1-3-48-39(46)34-35(26-11-5-4-6-12-26)43-40-44(36(34)27-16-18-29(41)19-17-27)38(45)33(50-40)22-24-20-31(42)37(32(21-24)47-2)49-23-28-14-9-13-25-10-7-8-15-30(25)28/h4-22,36H,3,23H2,1-2H3/b33-22-/t36-/m1/s1. The van der Waals surface area contributed by atoms with Gasteiger partial charge in [0, 0.05) is 10.6 Å². The molecule has 0 saturated carbocycles. The highest BCUT2D eigenvalue weighted by molar-refractivity contribution is 7.07. The number of nitrogens with zero attached hydrogens (tertiary/aromatic N) is 2. The Morgan fingerprint density at radius 2 is 1.68 bits per heavy atom. The molecule has 6 aromatic rings. The molecule has 2 heterocycles. The van der Waals surface area contributed by atoms with E-state index in [1.807, 2.05) is 54.6 Å². The second-order valence-electron chi connectivity index (χ2n) is 11.4. The first-order chi connectivity index (χ1) is 24.4. The first-order valence-electron chi connectivity index (χ1n) is 15.9. The fourth-order valence-electron chi connectivity index (χ4n) is 6.08. The number of esters is 1. The van der Waals surface area contributed by atoms with E-state index in [1.165, 1.54) is 11.3 Å². The fourth-order valence-corrected chi connectivity index (χ4v) is 7.48. The van der Waals surface area contributed by atoms with Gasteiger partial charge in [-0.05, 0) is 64.7 Å². The normalized spacial score (nSPS) is 14.3. The van der Waals surface area contributed by atoms with E-state index in [9.17, 15) is 9.59 Å². The SMILES string of the molecule is CCOC(=O)C1=C(c2ccccc2)N=c2s/c(=C\c3cc(Cl)c(OCc4cccc5ccccc45)c(OC)c3)c(=O)n2[C@@H]1c1ccc(Cl)cc1. The third-order valence-corrected chi connectivity index (χ3v) is 9.88. The van der Waals surface area contributed by atoms with Gasteiger partial charge in [-0.15, -0.1) is 0 Å². The maximum absolute atomic E-state index is 14.3. The van der Waals surface area contributed by atoms with Crippen molar-refractivity contribution in [1.82, 2.24) is 4.57 Å². The van der Waals surface area contributed by atoms with Crippen LogP contribution in [-0.2, 0) is 16.1 Å². The molecular formula is C40H30Cl2N2O5S. The molecule has 0 N–H and O–H groups in total. The molecule has 0 spiro atoms. The Balaban J connectivity index is 1.33. The van der Waals surface area contributed by atoms with Crippen LogP contribution in [0.1, 0.15) is 35.2 Å². The Hall–Kier alpha value is -5.15. The predicted molar refractivity (Wildman–Crippen MR) is 199 cm³/mol. The number of benzene rings is 5. The van der Waals surface area contributed by atoms with Crippen LogP contribution in [0.4, 0.5) is 0 Å². The van der Waals surface area contributed by atoms with Crippen molar-refractivity contribution in [1.29, 1.82) is 0 Å². The number of thiazole rings is 1. The maximum atomic E-state index is 14.3. The number of carbonyl (C=O) groups is 1. The minimum atomic E-state index is -0.817. The minimum absolute atomic E-state index is 0.159. The highest BCUT2D eigenvalue weighted by Gasteiger charge is 2.35. The van der Waals surface area contributed by atoms with Crippen molar-refractivity contribution in [2.45, 2.75) is 19.6 Å². The van der Waals surface area contributed by atoms with Crippen molar-refractivity contribution in [2.75, 3.05) is 13.7 Å². The number of methoxy groups -OCH3 is 1. The molecular weight excluding hydrogens is 691 g/mol. The second kappa shape index (κ2) is 14.4. The summed E-state index contributed by atoms with van der Waals surface area (Å²) in [6, 6.07) is 33.3. The summed E-state index contributed by atoms with van der Waals surface area (Å²) in [5.41, 5.74) is 3.43. The lowest BCUT2D eigenvalue weighted by atomic mass is 9.93. The first kappa shape index (κ1) is 33.4. The second-order valence-corrected chi connectivity index (χ2v) is 13.3. The van der Waals surface area contributed by atoms with Gasteiger partial charge >= 0.3 is 5.97 Å². The molecule has 0 unspecified atom stereocenters. The summed E-state index contributed by atoms with van der Waals surface area (Å²) in [4.78, 5) is 33.3. The summed E-state index contributed by atoms with van der Waals surface area (Å²) in [6.07, 6.45) is 1.74. The van der Waals surface area contributed by atoms with Gasteiger partial charge in [-0.1, -0.05) is 119 Å². The van der Waals surface area contributed by atoms with Gasteiger partial charge in [-0.25, -0.2) is 9.79 Å². The van der Waals surface area contributed by atoms with Crippen LogP contribution in [0.2, 0.25) is 10.0 Å². The Morgan fingerprint density at radius 1 is 0.940 bits per heavy atom. The molecule has 0 bridgehead atoms. The van der Waals surface area contributed by atoms with Crippen molar-refractivity contribution in [3.63, 3.8) is 0 Å². The Morgan fingerprint density at radius 3 is 2.44 bits per heavy atom. The topological polar surface area (TPSA) is 79.1 Å². The van der Waals surface area contributed by atoms with E-state index in [4.69, 9.17) is 42.4 Å². The molecule has 250 valence electrons. The van der Waals surface area contributed by atoms with Crippen LogP contribution < -0.4 is 24.4 Å². The minimum Gasteiger partial charge on any atom is -0.493 e. The van der Waals surface area contributed by atoms with Crippen molar-refractivity contribution in [2.24, 2.45) is 4.99 Å². The molecule has 5 aromatic carbocycles. The summed E-state index contributed by atoms with van der Waals surface area (Å²) in [5, 5.41) is 3.07. The molecule has 50 heavy (non-hydrogen) atoms. The Kier molecular flexibility index (Phi) is 9.59.